The van der Waals surface area contributed by atoms with Gasteiger partial charge in [0.25, 0.3) is 0 Å². The fourth-order valence-electron chi connectivity index (χ4n) is 1.83. The second kappa shape index (κ2) is 4.15. The first-order valence-electron chi connectivity index (χ1n) is 5.32. The Balaban J connectivity index is 2.27. The van der Waals surface area contributed by atoms with Gasteiger partial charge in [-0.2, -0.15) is 5.10 Å². The number of thiophene rings is 1. The number of pyridine rings is 1. The summed E-state index contributed by atoms with van der Waals surface area (Å²) in [5.41, 5.74) is 7.76. The fourth-order valence-corrected chi connectivity index (χ4v) is 2.62. The van der Waals surface area contributed by atoms with Crippen molar-refractivity contribution in [3.8, 4) is 21.7 Å². The van der Waals surface area contributed by atoms with Gasteiger partial charge in [0, 0.05) is 23.3 Å². The van der Waals surface area contributed by atoms with Gasteiger partial charge in [-0.3, -0.25) is 9.89 Å². The molecule has 4 N–H and O–H groups in total. The van der Waals surface area contributed by atoms with E-state index in [1.807, 2.05) is 17.5 Å². The summed E-state index contributed by atoms with van der Waals surface area (Å²) in [7, 11) is 0. The average Bonchev–Trinajstić information content (AvgIpc) is 2.98. The minimum absolute atomic E-state index is 0.0739. The molecule has 6 heteroatoms. The summed E-state index contributed by atoms with van der Waals surface area (Å²) in [6, 6.07) is 5.36. The average molecular weight is 258 g/mol. The highest BCUT2D eigenvalue weighted by Gasteiger charge is 2.17. The van der Waals surface area contributed by atoms with Crippen LogP contribution in [0.2, 0.25) is 0 Å². The molecule has 3 heterocycles. The minimum atomic E-state index is -0.0739. The molecule has 0 aliphatic rings. The summed E-state index contributed by atoms with van der Waals surface area (Å²) in [6.07, 6.45) is 3.24. The smallest absolute Gasteiger partial charge is 0.190 e. The molecule has 18 heavy (non-hydrogen) atoms. The van der Waals surface area contributed by atoms with E-state index < -0.39 is 0 Å². The van der Waals surface area contributed by atoms with E-state index in [2.05, 4.69) is 15.2 Å². The van der Waals surface area contributed by atoms with Gasteiger partial charge in [-0.25, -0.2) is 0 Å². The number of aromatic amines is 2. The van der Waals surface area contributed by atoms with Crippen molar-refractivity contribution in [2.45, 2.75) is 0 Å². The van der Waals surface area contributed by atoms with Crippen molar-refractivity contribution < 1.29 is 0 Å². The first-order chi connectivity index (χ1) is 8.77. The maximum absolute atomic E-state index is 11.8. The molecule has 0 aliphatic heterocycles. The third kappa shape index (κ3) is 1.63. The number of hydrogen-bond acceptors (Lipinski definition) is 4. The normalized spacial score (nSPS) is 10.7. The number of nitrogen functional groups attached to an aromatic ring is 1. The topological polar surface area (TPSA) is 87.6 Å². The largest absolute Gasteiger partial charge is 0.382 e. The zero-order valence-corrected chi connectivity index (χ0v) is 10.1. The second-order valence-corrected chi connectivity index (χ2v) is 4.71. The van der Waals surface area contributed by atoms with Gasteiger partial charge in [-0.1, -0.05) is 6.07 Å². The van der Waals surface area contributed by atoms with E-state index in [4.69, 9.17) is 5.73 Å². The van der Waals surface area contributed by atoms with E-state index in [0.29, 0.717) is 17.1 Å². The van der Waals surface area contributed by atoms with Crippen molar-refractivity contribution >= 4 is 17.2 Å². The Kier molecular flexibility index (Phi) is 2.49. The van der Waals surface area contributed by atoms with Gasteiger partial charge in [-0.05, 0) is 11.4 Å². The number of aromatic nitrogens is 3. The highest BCUT2D eigenvalue weighted by molar-refractivity contribution is 7.13. The van der Waals surface area contributed by atoms with Crippen LogP contribution in [0, 0.1) is 0 Å². The molecule has 0 bridgehead atoms. The third-order valence-electron chi connectivity index (χ3n) is 2.66. The molecule has 3 aromatic heterocycles. The lowest BCUT2D eigenvalue weighted by Crippen LogP contribution is -2.03. The number of H-pyrrole nitrogens is 2. The van der Waals surface area contributed by atoms with Crippen molar-refractivity contribution in [3.63, 3.8) is 0 Å². The standard InChI is InChI=1S/C12H10N4OS/c13-12-10(9-2-1-5-18-9)11(15-16-12)7-6-14-4-3-8(7)17/h1-6H,(H,14,17)(H3,13,15,16). The van der Waals surface area contributed by atoms with Crippen molar-refractivity contribution in [3.05, 3.63) is 46.2 Å². The minimum Gasteiger partial charge on any atom is -0.382 e. The van der Waals surface area contributed by atoms with Crippen LogP contribution in [-0.4, -0.2) is 15.2 Å². The number of nitrogens with one attached hydrogen (secondary N) is 2. The molecule has 0 aromatic carbocycles. The van der Waals surface area contributed by atoms with E-state index in [9.17, 15) is 4.79 Å². The van der Waals surface area contributed by atoms with Crippen molar-refractivity contribution in [2.75, 3.05) is 5.73 Å². The highest BCUT2D eigenvalue weighted by Crippen LogP contribution is 2.35. The van der Waals surface area contributed by atoms with Crippen molar-refractivity contribution in [1.82, 2.24) is 15.2 Å². The first-order valence-corrected chi connectivity index (χ1v) is 6.20. The second-order valence-electron chi connectivity index (χ2n) is 3.76. The van der Waals surface area contributed by atoms with Gasteiger partial charge in [-0.15, -0.1) is 11.3 Å². The van der Waals surface area contributed by atoms with Crippen LogP contribution in [0.15, 0.2) is 40.8 Å². The Morgan fingerprint density at radius 3 is 2.94 bits per heavy atom. The van der Waals surface area contributed by atoms with E-state index in [-0.39, 0.29) is 5.43 Å². The van der Waals surface area contributed by atoms with Crippen LogP contribution in [-0.2, 0) is 0 Å². The van der Waals surface area contributed by atoms with Gasteiger partial charge in [0.1, 0.15) is 0 Å². The molecule has 0 spiro atoms. The van der Waals surface area contributed by atoms with E-state index >= 15 is 0 Å². The van der Waals surface area contributed by atoms with E-state index in [0.717, 1.165) is 10.4 Å². The first kappa shape index (κ1) is 10.8. The molecule has 0 unspecified atom stereocenters. The Morgan fingerprint density at radius 2 is 2.22 bits per heavy atom. The van der Waals surface area contributed by atoms with Crippen LogP contribution in [0.25, 0.3) is 21.7 Å². The molecule has 3 aromatic rings. The monoisotopic (exact) mass is 258 g/mol. The van der Waals surface area contributed by atoms with Crippen LogP contribution in [0.1, 0.15) is 0 Å². The zero-order valence-electron chi connectivity index (χ0n) is 9.31. The highest BCUT2D eigenvalue weighted by atomic mass is 32.1. The summed E-state index contributed by atoms with van der Waals surface area (Å²) in [5, 5.41) is 8.79. The maximum Gasteiger partial charge on any atom is 0.190 e. The molecule has 5 nitrogen and oxygen atoms in total. The molecule has 0 radical (unpaired) electrons. The molecule has 0 aliphatic carbocycles. The summed E-state index contributed by atoms with van der Waals surface area (Å²) in [4.78, 5) is 15.7. The summed E-state index contributed by atoms with van der Waals surface area (Å²) in [6.45, 7) is 0. The van der Waals surface area contributed by atoms with Gasteiger partial charge in [0.15, 0.2) is 11.2 Å². The van der Waals surface area contributed by atoms with Crippen molar-refractivity contribution in [2.24, 2.45) is 0 Å². The van der Waals surface area contributed by atoms with E-state index in [1.54, 1.807) is 23.7 Å². The van der Waals surface area contributed by atoms with Crippen LogP contribution in [0.4, 0.5) is 5.82 Å². The molecule has 3 rings (SSSR count). The molecular formula is C12H10N4OS. The Morgan fingerprint density at radius 1 is 1.33 bits per heavy atom. The Bertz CT molecular complexity index is 727. The molecule has 0 saturated carbocycles. The fraction of sp³-hybridized carbons (Fsp3) is 0. The summed E-state index contributed by atoms with van der Waals surface area (Å²) < 4.78 is 0. The Labute approximate surface area is 106 Å². The van der Waals surface area contributed by atoms with Crippen LogP contribution < -0.4 is 11.2 Å². The van der Waals surface area contributed by atoms with Crippen molar-refractivity contribution in [1.29, 1.82) is 0 Å². The van der Waals surface area contributed by atoms with Gasteiger partial charge in [0.2, 0.25) is 0 Å². The summed E-state index contributed by atoms with van der Waals surface area (Å²) >= 11 is 1.56. The SMILES string of the molecule is Nc1n[nH]c(-c2c[nH]ccc2=O)c1-c1cccs1. The molecule has 90 valence electrons. The van der Waals surface area contributed by atoms with Gasteiger partial charge < -0.3 is 10.7 Å². The lowest BCUT2D eigenvalue weighted by atomic mass is 10.1. The van der Waals surface area contributed by atoms with Crippen LogP contribution in [0.3, 0.4) is 0 Å². The summed E-state index contributed by atoms with van der Waals surface area (Å²) in [5.74, 6) is 0.399. The lowest BCUT2D eigenvalue weighted by Gasteiger charge is -2.01. The predicted molar refractivity (Wildman–Crippen MR) is 72.4 cm³/mol. The van der Waals surface area contributed by atoms with Gasteiger partial charge in [0.05, 0.1) is 16.8 Å². The predicted octanol–water partition coefficient (Wildman–Crippen LogP) is 2.08. The number of rotatable bonds is 2. The number of hydrogen-bond donors (Lipinski definition) is 3. The number of anilines is 1. The Hall–Kier alpha value is -2.34. The number of nitrogens with zero attached hydrogens (tertiary/aromatic N) is 1. The van der Waals surface area contributed by atoms with Gasteiger partial charge >= 0.3 is 0 Å². The molecular weight excluding hydrogens is 248 g/mol. The quantitative estimate of drug-likeness (QED) is 0.657. The van der Waals surface area contributed by atoms with E-state index in [1.165, 1.54) is 6.07 Å². The number of nitrogens with two attached hydrogens (primary N) is 1. The molecule has 0 atom stereocenters. The molecule has 0 fully saturated rings. The van der Waals surface area contributed by atoms with Crippen LogP contribution in [0.5, 0.6) is 0 Å². The maximum atomic E-state index is 11.8. The lowest BCUT2D eigenvalue weighted by molar-refractivity contribution is 1.10. The zero-order chi connectivity index (χ0) is 12.5. The molecule has 0 saturated heterocycles. The third-order valence-corrected chi connectivity index (χ3v) is 3.54. The molecule has 0 amide bonds. The van der Waals surface area contributed by atoms with Crippen LogP contribution >= 0.6 is 11.3 Å².